The number of methoxy groups -OCH3 is 1. The molecule has 0 bridgehead atoms. The smallest absolute Gasteiger partial charge is 0.191 e. The van der Waals surface area contributed by atoms with E-state index in [4.69, 9.17) is 14.2 Å². The summed E-state index contributed by atoms with van der Waals surface area (Å²) in [7, 11) is 3.51. The van der Waals surface area contributed by atoms with Crippen molar-refractivity contribution in [3.05, 3.63) is 59.7 Å². The second kappa shape index (κ2) is 12.5. The standard InChI is InChI=1S/C26H35N3O3.HI/c1-27-25(28-17-21-5-3-4-6-24(21)32-18-20-7-8-20)29-19-26(13-15-31-16-14-26)22-9-11-23(30-2)12-10-22;/h3-6,9-12,20H,7-8,13-19H2,1-2H3,(H2,27,28,29);1H. The van der Waals surface area contributed by atoms with Crippen molar-refractivity contribution in [3.63, 3.8) is 0 Å². The Morgan fingerprint density at radius 2 is 1.79 bits per heavy atom. The van der Waals surface area contributed by atoms with E-state index in [0.717, 1.165) is 68.1 Å². The van der Waals surface area contributed by atoms with Crippen LogP contribution in [-0.4, -0.2) is 46.5 Å². The summed E-state index contributed by atoms with van der Waals surface area (Å²) in [4.78, 5) is 4.46. The predicted octanol–water partition coefficient (Wildman–Crippen LogP) is 4.52. The van der Waals surface area contributed by atoms with Gasteiger partial charge in [-0.25, -0.2) is 0 Å². The van der Waals surface area contributed by atoms with Gasteiger partial charge in [-0.1, -0.05) is 30.3 Å². The number of para-hydroxylation sites is 1. The van der Waals surface area contributed by atoms with Gasteiger partial charge in [-0.05, 0) is 55.4 Å². The van der Waals surface area contributed by atoms with Crippen molar-refractivity contribution in [2.45, 2.75) is 37.6 Å². The van der Waals surface area contributed by atoms with E-state index >= 15 is 0 Å². The first-order valence-corrected chi connectivity index (χ1v) is 11.6. The molecule has 0 radical (unpaired) electrons. The van der Waals surface area contributed by atoms with Crippen molar-refractivity contribution >= 4 is 29.9 Å². The normalized spacial score (nSPS) is 17.6. The number of hydrogen-bond donors (Lipinski definition) is 2. The molecule has 2 aromatic rings. The summed E-state index contributed by atoms with van der Waals surface area (Å²) in [5, 5.41) is 7.03. The molecule has 0 spiro atoms. The van der Waals surface area contributed by atoms with E-state index < -0.39 is 0 Å². The molecule has 33 heavy (non-hydrogen) atoms. The fraction of sp³-hybridized carbons (Fsp3) is 0.500. The van der Waals surface area contributed by atoms with Crippen LogP contribution in [0.5, 0.6) is 11.5 Å². The van der Waals surface area contributed by atoms with Crippen LogP contribution >= 0.6 is 24.0 Å². The summed E-state index contributed by atoms with van der Waals surface area (Å²) in [5.74, 6) is 3.37. The Labute approximate surface area is 214 Å². The van der Waals surface area contributed by atoms with E-state index in [1.807, 2.05) is 25.2 Å². The molecule has 7 heteroatoms. The molecule has 0 aromatic heterocycles. The molecule has 6 nitrogen and oxygen atoms in total. The van der Waals surface area contributed by atoms with E-state index in [0.29, 0.717) is 6.54 Å². The third-order valence-corrected chi connectivity index (χ3v) is 6.56. The lowest BCUT2D eigenvalue weighted by atomic mass is 9.74. The molecule has 2 aliphatic rings. The first kappa shape index (κ1) is 25.6. The average molecular weight is 565 g/mol. The minimum absolute atomic E-state index is 0. The maximum Gasteiger partial charge on any atom is 0.191 e. The molecule has 2 N–H and O–H groups in total. The zero-order valence-electron chi connectivity index (χ0n) is 19.6. The van der Waals surface area contributed by atoms with Gasteiger partial charge in [-0.3, -0.25) is 4.99 Å². The molecular formula is C26H36IN3O3. The summed E-state index contributed by atoms with van der Waals surface area (Å²) < 4.78 is 17.1. The van der Waals surface area contributed by atoms with Gasteiger partial charge in [0.15, 0.2) is 5.96 Å². The van der Waals surface area contributed by atoms with Crippen LogP contribution in [0, 0.1) is 5.92 Å². The summed E-state index contributed by atoms with van der Waals surface area (Å²) in [6.45, 7) is 3.81. The topological polar surface area (TPSA) is 64.1 Å². The summed E-state index contributed by atoms with van der Waals surface area (Å²) in [6, 6.07) is 16.7. The molecule has 1 saturated carbocycles. The first-order chi connectivity index (χ1) is 15.7. The lowest BCUT2D eigenvalue weighted by Crippen LogP contribution is -2.47. The van der Waals surface area contributed by atoms with Crippen molar-refractivity contribution in [1.29, 1.82) is 0 Å². The highest BCUT2D eigenvalue weighted by atomic mass is 127. The lowest BCUT2D eigenvalue weighted by Gasteiger charge is -2.38. The number of rotatable bonds is 9. The number of hydrogen-bond acceptors (Lipinski definition) is 4. The highest BCUT2D eigenvalue weighted by molar-refractivity contribution is 14.0. The second-order valence-electron chi connectivity index (χ2n) is 8.76. The Morgan fingerprint density at radius 1 is 1.06 bits per heavy atom. The minimum Gasteiger partial charge on any atom is -0.497 e. The predicted molar refractivity (Wildman–Crippen MR) is 143 cm³/mol. The monoisotopic (exact) mass is 565 g/mol. The molecule has 1 aliphatic heterocycles. The molecule has 0 amide bonds. The van der Waals surface area contributed by atoms with Crippen molar-refractivity contribution in [2.24, 2.45) is 10.9 Å². The zero-order chi connectivity index (χ0) is 22.2. The number of aliphatic imine (C=N–C) groups is 1. The summed E-state index contributed by atoms with van der Waals surface area (Å²) >= 11 is 0. The van der Waals surface area contributed by atoms with Gasteiger partial charge in [0, 0.05) is 44.3 Å². The van der Waals surface area contributed by atoms with Gasteiger partial charge in [-0.2, -0.15) is 0 Å². The number of benzene rings is 2. The third-order valence-electron chi connectivity index (χ3n) is 6.56. The van der Waals surface area contributed by atoms with Gasteiger partial charge in [0.05, 0.1) is 13.7 Å². The number of nitrogens with zero attached hydrogens (tertiary/aromatic N) is 1. The van der Waals surface area contributed by atoms with Crippen LogP contribution in [0.4, 0.5) is 0 Å². The van der Waals surface area contributed by atoms with Gasteiger partial charge in [0.1, 0.15) is 11.5 Å². The van der Waals surface area contributed by atoms with Crippen LogP contribution in [0.15, 0.2) is 53.5 Å². The van der Waals surface area contributed by atoms with Crippen LogP contribution in [-0.2, 0) is 16.7 Å². The van der Waals surface area contributed by atoms with Crippen molar-refractivity contribution in [2.75, 3.05) is 40.5 Å². The highest BCUT2D eigenvalue weighted by Crippen LogP contribution is 2.35. The van der Waals surface area contributed by atoms with Crippen LogP contribution in [0.1, 0.15) is 36.8 Å². The van der Waals surface area contributed by atoms with Gasteiger partial charge in [0.25, 0.3) is 0 Å². The molecule has 4 rings (SSSR count). The van der Waals surface area contributed by atoms with Crippen molar-refractivity contribution in [1.82, 2.24) is 10.6 Å². The molecule has 1 aliphatic carbocycles. The van der Waals surface area contributed by atoms with E-state index in [2.05, 4.69) is 46.0 Å². The van der Waals surface area contributed by atoms with Crippen molar-refractivity contribution in [3.8, 4) is 11.5 Å². The Morgan fingerprint density at radius 3 is 2.45 bits per heavy atom. The SMILES string of the molecule is CN=C(NCc1ccccc1OCC1CC1)NCC1(c2ccc(OC)cc2)CCOCC1.I. The van der Waals surface area contributed by atoms with E-state index in [1.165, 1.54) is 18.4 Å². The maximum absolute atomic E-state index is 6.05. The Hall–Kier alpha value is -2.00. The molecule has 1 heterocycles. The van der Waals surface area contributed by atoms with Gasteiger partial charge >= 0.3 is 0 Å². The molecule has 180 valence electrons. The number of nitrogens with one attached hydrogen (secondary N) is 2. The minimum atomic E-state index is 0. The largest absolute Gasteiger partial charge is 0.497 e. The van der Waals surface area contributed by atoms with E-state index in [-0.39, 0.29) is 29.4 Å². The Bertz CT molecular complexity index is 894. The third kappa shape index (κ3) is 6.99. The van der Waals surface area contributed by atoms with Crippen LogP contribution in [0.3, 0.4) is 0 Å². The first-order valence-electron chi connectivity index (χ1n) is 11.6. The van der Waals surface area contributed by atoms with E-state index in [1.54, 1.807) is 7.11 Å². The fourth-order valence-corrected chi connectivity index (χ4v) is 4.21. The van der Waals surface area contributed by atoms with E-state index in [9.17, 15) is 0 Å². The van der Waals surface area contributed by atoms with Gasteiger partial charge < -0.3 is 24.8 Å². The van der Waals surface area contributed by atoms with Gasteiger partial charge in [-0.15, -0.1) is 24.0 Å². The molecule has 0 unspecified atom stereocenters. The summed E-state index contributed by atoms with van der Waals surface area (Å²) in [5.41, 5.74) is 2.46. The number of ether oxygens (including phenoxy) is 3. The number of halogens is 1. The Kier molecular flexibility index (Phi) is 9.67. The zero-order valence-corrected chi connectivity index (χ0v) is 22.0. The summed E-state index contributed by atoms with van der Waals surface area (Å²) in [6.07, 6.45) is 4.53. The fourth-order valence-electron chi connectivity index (χ4n) is 4.21. The quantitative estimate of drug-likeness (QED) is 0.266. The molecular weight excluding hydrogens is 529 g/mol. The van der Waals surface area contributed by atoms with Crippen LogP contribution in [0.25, 0.3) is 0 Å². The molecule has 2 aromatic carbocycles. The van der Waals surface area contributed by atoms with Gasteiger partial charge in [0.2, 0.25) is 0 Å². The highest BCUT2D eigenvalue weighted by Gasteiger charge is 2.34. The molecule has 2 fully saturated rings. The van der Waals surface area contributed by atoms with Crippen LogP contribution in [0.2, 0.25) is 0 Å². The maximum atomic E-state index is 6.05. The number of guanidine groups is 1. The van der Waals surface area contributed by atoms with Crippen molar-refractivity contribution < 1.29 is 14.2 Å². The Balaban J connectivity index is 0.00000306. The second-order valence-corrected chi connectivity index (χ2v) is 8.76. The average Bonchev–Trinajstić information content (AvgIpc) is 3.69. The van der Waals surface area contributed by atoms with Crippen LogP contribution < -0.4 is 20.1 Å². The lowest BCUT2D eigenvalue weighted by molar-refractivity contribution is 0.0513. The molecule has 1 saturated heterocycles. The molecule has 0 atom stereocenters.